The van der Waals surface area contributed by atoms with E-state index in [9.17, 15) is 10.1 Å². The van der Waals surface area contributed by atoms with Gasteiger partial charge in [-0.05, 0) is 25.0 Å². The van der Waals surface area contributed by atoms with Gasteiger partial charge in [-0.1, -0.05) is 20.4 Å². The van der Waals surface area contributed by atoms with Crippen LogP contribution in [0.5, 0.6) is 0 Å². The first-order chi connectivity index (χ1) is 6.04. The highest BCUT2D eigenvalue weighted by molar-refractivity contribution is 4.85. The zero-order valence-corrected chi connectivity index (χ0v) is 8.27. The Morgan fingerprint density at radius 3 is 2.46 bits per heavy atom. The van der Waals surface area contributed by atoms with E-state index in [2.05, 4.69) is 6.58 Å². The van der Waals surface area contributed by atoms with Crippen LogP contribution in [0.1, 0.15) is 20.3 Å². The molecule has 0 fully saturated rings. The van der Waals surface area contributed by atoms with Crippen LogP contribution in [0.2, 0.25) is 0 Å². The standard InChI is InChI=1S/C9H18N2O2/c1-4-9(11(12)13)8(3)7(2)5-6-10/h4,7-9H,1,5-6,10H2,2-3H3/t7-,8-,9?/m1/s1. The van der Waals surface area contributed by atoms with Crippen LogP contribution in [0.3, 0.4) is 0 Å². The first-order valence-electron chi connectivity index (χ1n) is 4.50. The second-order valence-electron chi connectivity index (χ2n) is 3.43. The smallest absolute Gasteiger partial charge is 0.233 e. The maximum absolute atomic E-state index is 10.6. The van der Waals surface area contributed by atoms with Gasteiger partial charge in [0.25, 0.3) is 0 Å². The summed E-state index contributed by atoms with van der Waals surface area (Å²) in [5, 5.41) is 10.6. The van der Waals surface area contributed by atoms with E-state index in [-0.39, 0.29) is 16.8 Å². The number of hydrogen-bond acceptors (Lipinski definition) is 3. The lowest BCUT2D eigenvalue weighted by Gasteiger charge is -2.20. The molecule has 0 heterocycles. The number of nitrogens with two attached hydrogens (primary N) is 1. The molecule has 0 aromatic heterocycles. The second-order valence-corrected chi connectivity index (χ2v) is 3.43. The van der Waals surface area contributed by atoms with E-state index < -0.39 is 6.04 Å². The quantitative estimate of drug-likeness (QED) is 0.387. The van der Waals surface area contributed by atoms with Gasteiger partial charge in [0, 0.05) is 10.8 Å². The Kier molecular flexibility index (Phi) is 5.30. The van der Waals surface area contributed by atoms with Crippen molar-refractivity contribution in [3.63, 3.8) is 0 Å². The average molecular weight is 186 g/mol. The van der Waals surface area contributed by atoms with Gasteiger partial charge in [0.2, 0.25) is 6.04 Å². The summed E-state index contributed by atoms with van der Waals surface area (Å²) >= 11 is 0. The third kappa shape index (κ3) is 3.55. The Labute approximate surface area is 79.0 Å². The molecular formula is C9H18N2O2. The van der Waals surface area contributed by atoms with Crippen LogP contribution in [0.15, 0.2) is 12.7 Å². The highest BCUT2D eigenvalue weighted by atomic mass is 16.6. The first kappa shape index (κ1) is 12.1. The van der Waals surface area contributed by atoms with Gasteiger partial charge in [-0.2, -0.15) is 0 Å². The molecule has 2 N–H and O–H groups in total. The minimum Gasteiger partial charge on any atom is -0.330 e. The van der Waals surface area contributed by atoms with E-state index in [1.54, 1.807) is 0 Å². The van der Waals surface area contributed by atoms with Crippen LogP contribution in [-0.2, 0) is 0 Å². The summed E-state index contributed by atoms with van der Waals surface area (Å²) in [6.45, 7) is 7.90. The van der Waals surface area contributed by atoms with Crippen LogP contribution in [0.25, 0.3) is 0 Å². The lowest BCUT2D eigenvalue weighted by atomic mass is 9.87. The molecule has 0 radical (unpaired) electrons. The molecule has 4 nitrogen and oxygen atoms in total. The van der Waals surface area contributed by atoms with E-state index in [1.165, 1.54) is 6.08 Å². The maximum atomic E-state index is 10.6. The van der Waals surface area contributed by atoms with Crippen molar-refractivity contribution in [2.24, 2.45) is 17.6 Å². The van der Waals surface area contributed by atoms with Gasteiger partial charge in [0.15, 0.2) is 0 Å². The van der Waals surface area contributed by atoms with E-state index in [1.807, 2.05) is 13.8 Å². The van der Waals surface area contributed by atoms with Crippen LogP contribution in [-0.4, -0.2) is 17.5 Å². The molecule has 0 aliphatic heterocycles. The Morgan fingerprint density at radius 2 is 2.15 bits per heavy atom. The van der Waals surface area contributed by atoms with Crippen LogP contribution in [0, 0.1) is 22.0 Å². The maximum Gasteiger partial charge on any atom is 0.233 e. The highest BCUT2D eigenvalue weighted by Crippen LogP contribution is 2.20. The summed E-state index contributed by atoms with van der Waals surface area (Å²) in [4.78, 5) is 10.3. The zero-order chi connectivity index (χ0) is 10.4. The number of nitrogens with zero attached hydrogens (tertiary/aromatic N) is 1. The molecule has 76 valence electrons. The molecule has 0 spiro atoms. The Morgan fingerprint density at radius 1 is 1.62 bits per heavy atom. The van der Waals surface area contributed by atoms with Crippen LogP contribution >= 0.6 is 0 Å². The lowest BCUT2D eigenvalue weighted by molar-refractivity contribution is -0.519. The van der Waals surface area contributed by atoms with E-state index >= 15 is 0 Å². The van der Waals surface area contributed by atoms with Gasteiger partial charge < -0.3 is 5.73 Å². The largest absolute Gasteiger partial charge is 0.330 e. The van der Waals surface area contributed by atoms with Gasteiger partial charge in [-0.3, -0.25) is 10.1 Å². The lowest BCUT2D eigenvalue weighted by Crippen LogP contribution is -2.30. The molecule has 0 amide bonds. The summed E-state index contributed by atoms with van der Waals surface area (Å²) in [5.74, 6) is 0.259. The molecule has 0 aromatic rings. The van der Waals surface area contributed by atoms with Crippen molar-refractivity contribution >= 4 is 0 Å². The van der Waals surface area contributed by atoms with Gasteiger partial charge >= 0.3 is 0 Å². The second kappa shape index (κ2) is 5.70. The summed E-state index contributed by atoms with van der Waals surface area (Å²) in [6, 6.07) is -0.651. The molecule has 0 rings (SSSR count). The van der Waals surface area contributed by atoms with E-state index in [0.29, 0.717) is 6.54 Å². The summed E-state index contributed by atoms with van der Waals surface area (Å²) in [5.41, 5.74) is 5.39. The van der Waals surface area contributed by atoms with Crippen LogP contribution < -0.4 is 5.73 Å². The zero-order valence-electron chi connectivity index (χ0n) is 8.27. The van der Waals surface area contributed by atoms with Crippen molar-refractivity contribution < 1.29 is 4.92 Å². The SMILES string of the molecule is C=CC([C@H](C)[C@H](C)CCN)[N+](=O)[O-]. The highest BCUT2D eigenvalue weighted by Gasteiger charge is 2.28. The van der Waals surface area contributed by atoms with Crippen molar-refractivity contribution in [3.05, 3.63) is 22.8 Å². The first-order valence-corrected chi connectivity index (χ1v) is 4.50. The Balaban J connectivity index is 4.26. The Bertz CT molecular complexity index is 182. The van der Waals surface area contributed by atoms with Gasteiger partial charge in [-0.25, -0.2) is 0 Å². The summed E-state index contributed by atoms with van der Waals surface area (Å²) in [6.07, 6.45) is 2.22. The fraction of sp³-hybridized carbons (Fsp3) is 0.778. The van der Waals surface area contributed by atoms with E-state index in [4.69, 9.17) is 5.73 Å². The fourth-order valence-electron chi connectivity index (χ4n) is 1.36. The van der Waals surface area contributed by atoms with Gasteiger partial charge in [0.05, 0.1) is 0 Å². The minimum atomic E-state index is -0.651. The third-order valence-electron chi connectivity index (χ3n) is 2.54. The molecular weight excluding hydrogens is 168 g/mol. The molecule has 0 saturated heterocycles. The van der Waals surface area contributed by atoms with E-state index in [0.717, 1.165) is 6.42 Å². The molecule has 0 aromatic carbocycles. The van der Waals surface area contributed by atoms with Crippen molar-refractivity contribution in [3.8, 4) is 0 Å². The molecule has 13 heavy (non-hydrogen) atoms. The Hall–Kier alpha value is -0.900. The molecule has 0 aliphatic rings. The molecule has 4 heteroatoms. The van der Waals surface area contributed by atoms with Crippen molar-refractivity contribution in [2.45, 2.75) is 26.3 Å². The minimum absolute atomic E-state index is 0.00366. The predicted octanol–water partition coefficient (Wildman–Crippen LogP) is 1.44. The molecule has 3 atom stereocenters. The third-order valence-corrected chi connectivity index (χ3v) is 2.54. The number of nitro groups is 1. The normalized spacial score (nSPS) is 17.5. The van der Waals surface area contributed by atoms with Crippen molar-refractivity contribution in [2.75, 3.05) is 6.54 Å². The molecule has 0 saturated carbocycles. The van der Waals surface area contributed by atoms with Crippen molar-refractivity contribution in [1.82, 2.24) is 0 Å². The summed E-state index contributed by atoms with van der Waals surface area (Å²) < 4.78 is 0. The van der Waals surface area contributed by atoms with Gasteiger partial charge in [-0.15, -0.1) is 0 Å². The number of rotatable bonds is 6. The predicted molar refractivity (Wildman–Crippen MR) is 53.0 cm³/mol. The number of hydrogen-bond donors (Lipinski definition) is 1. The molecule has 1 unspecified atom stereocenters. The fourth-order valence-corrected chi connectivity index (χ4v) is 1.36. The van der Waals surface area contributed by atoms with Crippen LogP contribution in [0.4, 0.5) is 0 Å². The van der Waals surface area contributed by atoms with Gasteiger partial charge in [0.1, 0.15) is 0 Å². The molecule has 0 aliphatic carbocycles. The molecule has 0 bridgehead atoms. The average Bonchev–Trinajstić information content (AvgIpc) is 2.05. The monoisotopic (exact) mass is 186 g/mol. The topological polar surface area (TPSA) is 69.2 Å². The van der Waals surface area contributed by atoms with Crippen molar-refractivity contribution in [1.29, 1.82) is 0 Å². The summed E-state index contributed by atoms with van der Waals surface area (Å²) in [7, 11) is 0.